The van der Waals surface area contributed by atoms with Gasteiger partial charge < -0.3 is 9.47 Å². The second kappa shape index (κ2) is 9.00. The van der Waals surface area contributed by atoms with Gasteiger partial charge in [-0.3, -0.25) is 4.79 Å². The van der Waals surface area contributed by atoms with Crippen LogP contribution in [0.4, 0.5) is 4.39 Å². The van der Waals surface area contributed by atoms with Crippen LogP contribution in [0.2, 0.25) is 5.02 Å². The van der Waals surface area contributed by atoms with Gasteiger partial charge in [0.25, 0.3) is 0 Å². The first-order valence-electron chi connectivity index (χ1n) is 8.62. The van der Waals surface area contributed by atoms with Crippen LogP contribution in [0.25, 0.3) is 0 Å². The Morgan fingerprint density at radius 2 is 1.76 bits per heavy atom. The Hall–Kier alpha value is -2.33. The minimum Gasteiger partial charge on any atom is -0.454 e. The summed E-state index contributed by atoms with van der Waals surface area (Å²) in [5, 5.41) is 0.443. The fourth-order valence-electron chi connectivity index (χ4n) is 2.69. The number of carbonyl (C=O) groups excluding carboxylic acids is 2. The van der Waals surface area contributed by atoms with Gasteiger partial charge in [-0.1, -0.05) is 11.6 Å². The molecule has 1 fully saturated rings. The van der Waals surface area contributed by atoms with Crippen LogP contribution in [-0.2, 0) is 19.5 Å². The van der Waals surface area contributed by atoms with E-state index in [1.165, 1.54) is 28.6 Å². The molecule has 1 heterocycles. The molecule has 154 valence electrons. The van der Waals surface area contributed by atoms with Crippen LogP contribution in [0.3, 0.4) is 0 Å². The second-order valence-electron chi connectivity index (χ2n) is 6.16. The number of nitrogens with zero attached hydrogens (tertiary/aromatic N) is 1. The average molecular weight is 442 g/mol. The van der Waals surface area contributed by atoms with Crippen molar-refractivity contribution >= 4 is 33.4 Å². The van der Waals surface area contributed by atoms with Crippen molar-refractivity contribution in [1.82, 2.24) is 4.31 Å². The summed E-state index contributed by atoms with van der Waals surface area (Å²) in [5.41, 5.74) is -0.297. The summed E-state index contributed by atoms with van der Waals surface area (Å²) >= 11 is 5.75. The summed E-state index contributed by atoms with van der Waals surface area (Å²) in [6, 6.07) is 8.83. The highest BCUT2D eigenvalue weighted by Gasteiger charge is 2.28. The second-order valence-corrected chi connectivity index (χ2v) is 8.54. The van der Waals surface area contributed by atoms with Gasteiger partial charge in [-0.15, -0.1) is 0 Å². The molecule has 7 nitrogen and oxygen atoms in total. The van der Waals surface area contributed by atoms with Gasteiger partial charge in [-0.25, -0.2) is 17.6 Å². The smallest absolute Gasteiger partial charge is 0.341 e. The molecule has 0 saturated carbocycles. The largest absolute Gasteiger partial charge is 0.454 e. The summed E-state index contributed by atoms with van der Waals surface area (Å²) in [4.78, 5) is 24.1. The third-order valence-corrected chi connectivity index (χ3v) is 6.41. The van der Waals surface area contributed by atoms with Crippen LogP contribution in [0.5, 0.6) is 0 Å². The number of benzene rings is 2. The van der Waals surface area contributed by atoms with Gasteiger partial charge in [0, 0.05) is 23.7 Å². The number of hydrogen-bond donors (Lipinski definition) is 0. The molecule has 0 bridgehead atoms. The van der Waals surface area contributed by atoms with E-state index in [0.29, 0.717) is 5.02 Å². The van der Waals surface area contributed by atoms with Gasteiger partial charge in [0.05, 0.1) is 23.7 Å². The zero-order chi connectivity index (χ0) is 21.0. The van der Waals surface area contributed by atoms with Gasteiger partial charge in [-0.2, -0.15) is 4.31 Å². The van der Waals surface area contributed by atoms with Crippen molar-refractivity contribution in [3.63, 3.8) is 0 Å². The van der Waals surface area contributed by atoms with E-state index in [9.17, 15) is 22.4 Å². The summed E-state index contributed by atoms with van der Waals surface area (Å²) in [7, 11) is -3.91. The lowest BCUT2D eigenvalue weighted by Crippen LogP contribution is -2.40. The number of esters is 1. The molecule has 0 spiro atoms. The predicted octanol–water partition coefficient (Wildman–Crippen LogP) is 2.54. The Kier molecular flexibility index (Phi) is 6.63. The highest BCUT2D eigenvalue weighted by molar-refractivity contribution is 7.89. The van der Waals surface area contributed by atoms with E-state index in [-0.39, 0.29) is 36.8 Å². The minimum atomic E-state index is -3.91. The van der Waals surface area contributed by atoms with Gasteiger partial charge in [-0.05, 0) is 42.5 Å². The summed E-state index contributed by atoms with van der Waals surface area (Å²) in [6.45, 7) is 0.203. The van der Waals surface area contributed by atoms with Crippen LogP contribution in [0.15, 0.2) is 47.4 Å². The van der Waals surface area contributed by atoms with E-state index in [1.807, 2.05) is 0 Å². The number of sulfonamides is 1. The van der Waals surface area contributed by atoms with Crippen molar-refractivity contribution < 1.29 is 31.9 Å². The first kappa shape index (κ1) is 21.4. The van der Waals surface area contributed by atoms with Crippen molar-refractivity contribution in [2.75, 3.05) is 32.9 Å². The lowest BCUT2D eigenvalue weighted by molar-refractivity contribution is 0.0469. The molecule has 0 aliphatic carbocycles. The molecule has 0 aromatic heterocycles. The van der Waals surface area contributed by atoms with Crippen LogP contribution in [0.1, 0.15) is 20.7 Å². The Balaban J connectivity index is 1.74. The Bertz CT molecular complexity index is 1020. The maximum atomic E-state index is 14.1. The van der Waals surface area contributed by atoms with E-state index in [0.717, 1.165) is 18.2 Å². The molecule has 2 aromatic rings. The Morgan fingerprint density at radius 3 is 2.41 bits per heavy atom. The van der Waals surface area contributed by atoms with E-state index >= 15 is 0 Å². The standard InChI is InChI=1S/C19H17ClFNO6S/c20-14-3-1-13(2-4-14)18(23)12-28-19(24)16-11-15(5-6-17(16)21)29(25,26)22-7-9-27-10-8-22/h1-6,11H,7-10,12H2. The van der Waals surface area contributed by atoms with E-state index in [4.69, 9.17) is 21.1 Å². The first-order valence-corrected chi connectivity index (χ1v) is 10.4. The molecule has 0 unspecified atom stereocenters. The van der Waals surface area contributed by atoms with E-state index < -0.39 is 39.8 Å². The maximum absolute atomic E-state index is 14.1. The number of carbonyl (C=O) groups is 2. The highest BCUT2D eigenvalue weighted by Crippen LogP contribution is 2.21. The van der Waals surface area contributed by atoms with Crippen LogP contribution in [0, 0.1) is 5.82 Å². The maximum Gasteiger partial charge on any atom is 0.341 e. The lowest BCUT2D eigenvalue weighted by atomic mass is 10.1. The number of Topliss-reactive ketones (excluding diaryl/α,β-unsaturated/α-hetero) is 1. The monoisotopic (exact) mass is 441 g/mol. The molecule has 1 saturated heterocycles. The number of ether oxygens (including phenoxy) is 2. The molecule has 0 atom stereocenters. The normalized spacial score (nSPS) is 15.1. The highest BCUT2D eigenvalue weighted by atomic mass is 35.5. The number of rotatable bonds is 6. The first-order chi connectivity index (χ1) is 13.8. The third kappa shape index (κ3) is 4.99. The molecular formula is C19H17ClFNO6S. The van der Waals surface area contributed by atoms with E-state index in [2.05, 4.69) is 0 Å². The zero-order valence-electron chi connectivity index (χ0n) is 15.1. The summed E-state index contributed by atoms with van der Waals surface area (Å²) in [6.07, 6.45) is 0. The van der Waals surface area contributed by atoms with Gasteiger partial charge in [0.1, 0.15) is 5.82 Å². The molecular weight excluding hydrogens is 425 g/mol. The zero-order valence-corrected chi connectivity index (χ0v) is 16.7. The van der Waals surface area contributed by atoms with Crippen molar-refractivity contribution in [2.45, 2.75) is 4.90 Å². The fourth-order valence-corrected chi connectivity index (χ4v) is 4.25. The minimum absolute atomic E-state index is 0.162. The van der Waals surface area contributed by atoms with Crippen molar-refractivity contribution in [2.24, 2.45) is 0 Å². The quantitative estimate of drug-likeness (QED) is 0.505. The van der Waals surface area contributed by atoms with Crippen molar-refractivity contribution in [1.29, 1.82) is 0 Å². The predicted molar refractivity (Wildman–Crippen MR) is 102 cm³/mol. The average Bonchev–Trinajstić information content (AvgIpc) is 2.73. The summed E-state index contributed by atoms with van der Waals surface area (Å²) in [5.74, 6) is -2.59. The molecule has 29 heavy (non-hydrogen) atoms. The van der Waals surface area contributed by atoms with Crippen molar-refractivity contribution in [3.05, 3.63) is 64.4 Å². The molecule has 0 N–H and O–H groups in total. The molecule has 1 aliphatic rings. The van der Waals surface area contributed by atoms with Crippen LogP contribution in [-0.4, -0.2) is 57.4 Å². The topological polar surface area (TPSA) is 90.0 Å². The van der Waals surface area contributed by atoms with Crippen LogP contribution >= 0.6 is 11.6 Å². The third-order valence-electron chi connectivity index (χ3n) is 4.27. The number of ketones is 1. The Labute approximate surface area is 172 Å². The Morgan fingerprint density at radius 1 is 1.10 bits per heavy atom. The van der Waals surface area contributed by atoms with Gasteiger partial charge in [0.15, 0.2) is 12.4 Å². The molecule has 0 amide bonds. The molecule has 3 rings (SSSR count). The number of morpholine rings is 1. The van der Waals surface area contributed by atoms with E-state index in [1.54, 1.807) is 0 Å². The summed E-state index contributed by atoms with van der Waals surface area (Å²) < 4.78 is 50.7. The van der Waals surface area contributed by atoms with Gasteiger partial charge in [0.2, 0.25) is 10.0 Å². The van der Waals surface area contributed by atoms with Gasteiger partial charge >= 0.3 is 5.97 Å². The lowest BCUT2D eigenvalue weighted by Gasteiger charge is -2.26. The molecule has 10 heteroatoms. The fraction of sp³-hybridized carbons (Fsp3) is 0.263. The SMILES string of the molecule is O=C(COC(=O)c1cc(S(=O)(=O)N2CCOCC2)ccc1F)c1ccc(Cl)cc1. The van der Waals surface area contributed by atoms with Crippen molar-refractivity contribution in [3.8, 4) is 0 Å². The number of hydrogen-bond acceptors (Lipinski definition) is 6. The number of halogens is 2. The van der Waals surface area contributed by atoms with Crippen LogP contribution < -0.4 is 0 Å². The molecule has 1 aliphatic heterocycles. The molecule has 0 radical (unpaired) electrons. The molecule has 2 aromatic carbocycles.